The summed E-state index contributed by atoms with van der Waals surface area (Å²) >= 11 is 6.19. The first-order valence-electron chi connectivity index (χ1n) is 10.1. The van der Waals surface area contributed by atoms with Crippen molar-refractivity contribution in [3.05, 3.63) is 86.9 Å². The minimum atomic E-state index is -0.976. The zero-order valence-corrected chi connectivity index (χ0v) is 18.6. The van der Waals surface area contributed by atoms with Crippen LogP contribution in [-0.4, -0.2) is 22.2 Å². The summed E-state index contributed by atoms with van der Waals surface area (Å²) in [6, 6.07) is 12.0. The smallest absolute Gasteiger partial charge is 0.337 e. The topological polar surface area (TPSA) is 63.5 Å². The zero-order valence-electron chi connectivity index (χ0n) is 17.8. The summed E-state index contributed by atoms with van der Waals surface area (Å²) in [4.78, 5) is 12.0. The number of carboxylic acids is 1. The highest BCUT2D eigenvalue weighted by Crippen LogP contribution is 2.26. The van der Waals surface area contributed by atoms with Gasteiger partial charge in [0.15, 0.2) is 0 Å². The second kappa shape index (κ2) is 9.98. The van der Waals surface area contributed by atoms with Crippen molar-refractivity contribution in [2.45, 2.75) is 40.4 Å². The van der Waals surface area contributed by atoms with E-state index in [9.17, 15) is 14.3 Å². The Morgan fingerprint density at radius 1 is 1.13 bits per heavy atom. The normalized spacial score (nSPS) is 11.0. The first-order chi connectivity index (χ1) is 14.8. The van der Waals surface area contributed by atoms with Gasteiger partial charge in [-0.3, -0.25) is 0 Å². The molecular weight excluding hydrogens is 419 g/mol. The lowest BCUT2D eigenvalue weighted by atomic mass is 10.1. The van der Waals surface area contributed by atoms with E-state index in [-0.39, 0.29) is 5.56 Å². The fraction of sp³-hybridized carbons (Fsp3) is 0.292. The van der Waals surface area contributed by atoms with E-state index >= 15 is 0 Å². The zero-order chi connectivity index (χ0) is 22.5. The van der Waals surface area contributed by atoms with Gasteiger partial charge >= 0.3 is 5.97 Å². The number of carboxylic acid groups (broad SMARTS) is 1. The molecule has 0 aliphatic heterocycles. The highest BCUT2D eigenvalue weighted by Gasteiger charge is 2.23. The van der Waals surface area contributed by atoms with Gasteiger partial charge in [-0.05, 0) is 44.5 Å². The number of benzene rings is 2. The van der Waals surface area contributed by atoms with Crippen LogP contribution in [0.25, 0.3) is 0 Å². The minimum absolute atomic E-state index is 0.279. The number of halogens is 2. The van der Waals surface area contributed by atoms with Crippen molar-refractivity contribution in [3.63, 3.8) is 0 Å². The molecule has 3 rings (SSSR count). The molecule has 0 spiro atoms. The van der Waals surface area contributed by atoms with Crippen LogP contribution in [0.15, 0.2) is 42.5 Å². The molecular formula is C24H26ClFN2O3. The van der Waals surface area contributed by atoms with Crippen LogP contribution in [0.1, 0.15) is 45.4 Å². The summed E-state index contributed by atoms with van der Waals surface area (Å²) in [6.45, 7) is 7.48. The van der Waals surface area contributed by atoms with Gasteiger partial charge in [0, 0.05) is 47.2 Å². The predicted octanol–water partition coefficient (Wildman–Crippen LogP) is 5.33. The number of hydrogen-bond donors (Lipinski definition) is 2. The quantitative estimate of drug-likeness (QED) is 0.468. The molecule has 31 heavy (non-hydrogen) atoms. The molecule has 0 saturated carbocycles. The molecule has 1 heterocycles. The van der Waals surface area contributed by atoms with E-state index < -0.39 is 11.8 Å². The molecule has 7 heteroatoms. The summed E-state index contributed by atoms with van der Waals surface area (Å²) in [7, 11) is 0. The van der Waals surface area contributed by atoms with E-state index in [0.29, 0.717) is 37.0 Å². The molecule has 5 nitrogen and oxygen atoms in total. The van der Waals surface area contributed by atoms with Crippen LogP contribution in [0.4, 0.5) is 4.39 Å². The van der Waals surface area contributed by atoms with Crippen molar-refractivity contribution >= 4 is 17.6 Å². The highest BCUT2D eigenvalue weighted by atomic mass is 35.5. The average molecular weight is 445 g/mol. The Bertz CT molecular complexity index is 1090. The molecule has 0 atom stereocenters. The van der Waals surface area contributed by atoms with E-state index in [1.807, 2.05) is 42.7 Å². The molecule has 0 bridgehead atoms. The summed E-state index contributed by atoms with van der Waals surface area (Å²) in [5.74, 6) is -0.568. The maximum absolute atomic E-state index is 13.4. The third-order valence-electron chi connectivity index (χ3n) is 5.36. The molecule has 0 saturated heterocycles. The van der Waals surface area contributed by atoms with E-state index in [0.717, 1.165) is 28.1 Å². The van der Waals surface area contributed by atoms with E-state index in [1.165, 1.54) is 12.1 Å². The molecule has 2 N–H and O–H groups in total. The molecule has 1 aromatic heterocycles. The lowest BCUT2D eigenvalue weighted by Gasteiger charge is -2.12. The number of para-hydroxylation sites is 1. The number of aromatic carboxylic acids is 1. The number of aromatic nitrogens is 1. The Morgan fingerprint density at radius 2 is 1.87 bits per heavy atom. The van der Waals surface area contributed by atoms with Crippen molar-refractivity contribution < 1.29 is 19.0 Å². The third kappa shape index (κ3) is 5.09. The standard InChI is InChI=1S/C24H26ClFN2O3/c1-4-31-22-8-6-5-7-17(22)12-27-13-20-15(2)28(16(3)23(20)24(29)30)14-18-9-10-19(26)11-21(18)25/h5-11,27H,4,12-14H2,1-3H3,(H,29,30). The van der Waals surface area contributed by atoms with Gasteiger partial charge < -0.3 is 19.7 Å². The second-order valence-electron chi connectivity index (χ2n) is 7.30. The van der Waals surface area contributed by atoms with Crippen molar-refractivity contribution in [2.75, 3.05) is 6.61 Å². The number of rotatable bonds is 9. The van der Waals surface area contributed by atoms with Gasteiger partial charge in [-0.2, -0.15) is 0 Å². The van der Waals surface area contributed by atoms with Crippen LogP contribution in [0, 0.1) is 19.7 Å². The van der Waals surface area contributed by atoms with Crippen molar-refractivity contribution in [3.8, 4) is 5.75 Å². The third-order valence-corrected chi connectivity index (χ3v) is 5.71. The number of ether oxygens (including phenoxy) is 1. The summed E-state index contributed by atoms with van der Waals surface area (Å²) in [5.41, 5.74) is 4.20. The minimum Gasteiger partial charge on any atom is -0.494 e. The van der Waals surface area contributed by atoms with Gasteiger partial charge in [-0.25, -0.2) is 9.18 Å². The van der Waals surface area contributed by atoms with Gasteiger partial charge in [0.2, 0.25) is 0 Å². The van der Waals surface area contributed by atoms with Crippen LogP contribution in [-0.2, 0) is 19.6 Å². The summed E-state index contributed by atoms with van der Waals surface area (Å²) < 4.78 is 21.0. The lowest BCUT2D eigenvalue weighted by molar-refractivity contribution is 0.0694. The molecule has 0 fully saturated rings. The molecule has 0 amide bonds. The Hall–Kier alpha value is -2.83. The maximum Gasteiger partial charge on any atom is 0.337 e. The van der Waals surface area contributed by atoms with Gasteiger partial charge in [-0.15, -0.1) is 0 Å². The SMILES string of the molecule is CCOc1ccccc1CNCc1c(C(=O)O)c(C)n(Cc2ccc(F)cc2Cl)c1C. The fourth-order valence-electron chi connectivity index (χ4n) is 3.77. The number of nitrogens with one attached hydrogen (secondary N) is 1. The van der Waals surface area contributed by atoms with Crippen molar-refractivity contribution in [2.24, 2.45) is 0 Å². The van der Waals surface area contributed by atoms with Gasteiger partial charge in [0.25, 0.3) is 0 Å². The van der Waals surface area contributed by atoms with Crippen molar-refractivity contribution in [1.82, 2.24) is 9.88 Å². The Morgan fingerprint density at radius 3 is 2.55 bits per heavy atom. The molecule has 164 valence electrons. The fourth-order valence-corrected chi connectivity index (χ4v) is 4.00. The van der Waals surface area contributed by atoms with Gasteiger partial charge in [-0.1, -0.05) is 35.9 Å². The maximum atomic E-state index is 13.4. The first kappa shape index (κ1) is 22.8. The van der Waals surface area contributed by atoms with Gasteiger partial charge in [0.1, 0.15) is 11.6 Å². The molecule has 0 unspecified atom stereocenters. The van der Waals surface area contributed by atoms with Crippen LogP contribution in [0.2, 0.25) is 5.02 Å². The van der Waals surface area contributed by atoms with Crippen LogP contribution in [0.3, 0.4) is 0 Å². The predicted molar refractivity (Wildman–Crippen MR) is 120 cm³/mol. The molecule has 0 radical (unpaired) electrons. The van der Waals surface area contributed by atoms with E-state index in [4.69, 9.17) is 16.3 Å². The summed E-state index contributed by atoms with van der Waals surface area (Å²) in [5, 5.41) is 13.5. The Labute approximate surface area is 186 Å². The van der Waals surface area contributed by atoms with Crippen LogP contribution < -0.4 is 10.1 Å². The Balaban J connectivity index is 1.85. The van der Waals surface area contributed by atoms with Gasteiger partial charge in [0.05, 0.1) is 12.2 Å². The largest absolute Gasteiger partial charge is 0.494 e. The van der Waals surface area contributed by atoms with E-state index in [1.54, 1.807) is 13.0 Å². The van der Waals surface area contributed by atoms with Crippen LogP contribution >= 0.6 is 11.6 Å². The van der Waals surface area contributed by atoms with Crippen LogP contribution in [0.5, 0.6) is 5.75 Å². The second-order valence-corrected chi connectivity index (χ2v) is 7.70. The Kier molecular flexibility index (Phi) is 7.36. The van der Waals surface area contributed by atoms with Crippen molar-refractivity contribution in [1.29, 1.82) is 0 Å². The number of nitrogens with zero attached hydrogens (tertiary/aromatic N) is 1. The van der Waals surface area contributed by atoms with E-state index in [2.05, 4.69) is 5.32 Å². The summed E-state index contributed by atoms with van der Waals surface area (Å²) in [6.07, 6.45) is 0. The monoisotopic (exact) mass is 444 g/mol. The molecule has 3 aromatic rings. The number of carbonyl (C=O) groups is 1. The number of hydrogen-bond acceptors (Lipinski definition) is 3. The highest BCUT2D eigenvalue weighted by molar-refractivity contribution is 6.31. The average Bonchev–Trinajstić information content (AvgIpc) is 2.95. The lowest BCUT2D eigenvalue weighted by Crippen LogP contribution is -2.16. The first-order valence-corrected chi connectivity index (χ1v) is 10.5. The molecule has 2 aromatic carbocycles. The molecule has 0 aliphatic carbocycles. The molecule has 0 aliphatic rings.